The van der Waals surface area contributed by atoms with E-state index >= 15 is 0 Å². The van der Waals surface area contributed by atoms with Crippen LogP contribution in [0.2, 0.25) is 0 Å². The van der Waals surface area contributed by atoms with Crippen molar-refractivity contribution in [3.05, 3.63) is 30.3 Å². The highest BCUT2D eigenvalue weighted by Crippen LogP contribution is 2.23. The highest BCUT2D eigenvalue weighted by molar-refractivity contribution is 14.0. The molecular formula is C20H33IN4O3S. The lowest BCUT2D eigenvalue weighted by atomic mass is 9.98. The molecule has 164 valence electrons. The fourth-order valence-electron chi connectivity index (χ4n) is 4.06. The first-order chi connectivity index (χ1) is 13.5. The summed E-state index contributed by atoms with van der Waals surface area (Å²) in [4.78, 5) is 7.10. The summed E-state index contributed by atoms with van der Waals surface area (Å²) in [5, 5.41) is 3.50. The van der Waals surface area contributed by atoms with E-state index in [1.807, 2.05) is 13.1 Å². The van der Waals surface area contributed by atoms with Crippen LogP contribution in [-0.2, 0) is 14.8 Å². The fraction of sp³-hybridized carbons (Fsp3) is 0.650. The van der Waals surface area contributed by atoms with Gasteiger partial charge in [0.15, 0.2) is 5.96 Å². The van der Waals surface area contributed by atoms with Gasteiger partial charge in [-0.15, -0.1) is 24.0 Å². The molecule has 7 nitrogen and oxygen atoms in total. The zero-order valence-electron chi connectivity index (χ0n) is 17.3. The van der Waals surface area contributed by atoms with Crippen LogP contribution in [0.1, 0.15) is 19.3 Å². The molecule has 2 saturated heterocycles. The first-order valence-corrected chi connectivity index (χ1v) is 11.5. The van der Waals surface area contributed by atoms with E-state index in [9.17, 15) is 8.42 Å². The molecule has 0 saturated carbocycles. The predicted octanol–water partition coefficient (Wildman–Crippen LogP) is 2.25. The van der Waals surface area contributed by atoms with Gasteiger partial charge in [-0.05, 0) is 37.3 Å². The van der Waals surface area contributed by atoms with Crippen molar-refractivity contribution in [2.45, 2.75) is 24.2 Å². The zero-order chi connectivity index (χ0) is 20.0. The van der Waals surface area contributed by atoms with Crippen LogP contribution in [-0.4, -0.2) is 77.1 Å². The number of halogens is 1. The van der Waals surface area contributed by atoms with Gasteiger partial charge in [0, 0.05) is 52.8 Å². The number of guanidine groups is 1. The quantitative estimate of drug-likeness (QED) is 0.343. The van der Waals surface area contributed by atoms with Gasteiger partial charge in [-0.3, -0.25) is 4.99 Å². The van der Waals surface area contributed by atoms with Gasteiger partial charge in [0.2, 0.25) is 10.0 Å². The lowest BCUT2D eigenvalue weighted by molar-refractivity contribution is 0.157. The van der Waals surface area contributed by atoms with E-state index in [1.165, 1.54) is 0 Å². The van der Waals surface area contributed by atoms with Gasteiger partial charge in [-0.1, -0.05) is 18.2 Å². The van der Waals surface area contributed by atoms with E-state index in [-0.39, 0.29) is 24.0 Å². The number of aliphatic imine (C=N–C) groups is 1. The number of methoxy groups -OCH3 is 1. The molecule has 0 bridgehead atoms. The molecule has 1 atom stereocenters. The van der Waals surface area contributed by atoms with Crippen molar-refractivity contribution in [3.8, 4) is 0 Å². The number of likely N-dealkylation sites (tertiary alicyclic amines) is 1. The Morgan fingerprint density at radius 3 is 2.41 bits per heavy atom. The summed E-state index contributed by atoms with van der Waals surface area (Å²) in [7, 11) is 0.194. The lowest BCUT2D eigenvalue weighted by Crippen LogP contribution is -2.45. The number of benzene rings is 1. The van der Waals surface area contributed by atoms with Crippen molar-refractivity contribution in [1.82, 2.24) is 14.5 Å². The van der Waals surface area contributed by atoms with E-state index in [2.05, 4.69) is 15.2 Å². The highest BCUT2D eigenvalue weighted by Gasteiger charge is 2.30. The number of hydrogen-bond acceptors (Lipinski definition) is 4. The van der Waals surface area contributed by atoms with Crippen LogP contribution in [0, 0.1) is 11.8 Å². The average Bonchev–Trinajstić information content (AvgIpc) is 3.18. The molecule has 9 heteroatoms. The van der Waals surface area contributed by atoms with Gasteiger partial charge in [0.25, 0.3) is 0 Å². The van der Waals surface area contributed by atoms with Gasteiger partial charge >= 0.3 is 0 Å². The third-order valence-electron chi connectivity index (χ3n) is 5.70. The second-order valence-electron chi connectivity index (χ2n) is 7.64. The Bertz CT molecular complexity index is 752. The zero-order valence-corrected chi connectivity index (χ0v) is 20.4. The number of rotatable bonds is 6. The molecule has 2 aliphatic rings. The number of ether oxygens (including phenoxy) is 1. The third kappa shape index (κ3) is 6.28. The molecule has 0 spiro atoms. The van der Waals surface area contributed by atoms with Crippen LogP contribution < -0.4 is 5.32 Å². The SMILES string of the molecule is CN=C(NCC1CCN(S(=O)(=O)c2ccccc2)CC1)N1CCC(COC)C1.I. The van der Waals surface area contributed by atoms with Crippen LogP contribution in [0.4, 0.5) is 0 Å². The van der Waals surface area contributed by atoms with Crippen molar-refractivity contribution < 1.29 is 13.2 Å². The van der Waals surface area contributed by atoms with E-state index in [0.29, 0.717) is 29.8 Å². The van der Waals surface area contributed by atoms with E-state index < -0.39 is 10.0 Å². The van der Waals surface area contributed by atoms with Crippen molar-refractivity contribution in [2.75, 3.05) is 53.5 Å². The number of piperidine rings is 1. The first-order valence-electron chi connectivity index (χ1n) is 10.0. The summed E-state index contributed by atoms with van der Waals surface area (Å²) >= 11 is 0. The van der Waals surface area contributed by atoms with Gasteiger partial charge < -0.3 is 15.0 Å². The molecule has 2 fully saturated rings. The minimum absolute atomic E-state index is 0. The maximum atomic E-state index is 12.7. The smallest absolute Gasteiger partial charge is 0.243 e. The van der Waals surface area contributed by atoms with Crippen LogP contribution in [0.25, 0.3) is 0 Å². The Morgan fingerprint density at radius 1 is 1.14 bits per heavy atom. The Hall–Kier alpha value is -0.910. The minimum atomic E-state index is -3.38. The topological polar surface area (TPSA) is 74.2 Å². The fourth-order valence-corrected chi connectivity index (χ4v) is 5.55. The standard InChI is InChI=1S/C20H32N4O3S.HI/c1-21-20(23-11-8-18(15-23)16-27-2)22-14-17-9-12-24(13-10-17)28(25,26)19-6-4-3-5-7-19;/h3-7,17-18H,8-16H2,1-2H3,(H,21,22);1H. The van der Waals surface area contributed by atoms with Gasteiger partial charge in [-0.25, -0.2) is 8.42 Å². The lowest BCUT2D eigenvalue weighted by Gasteiger charge is -2.32. The maximum absolute atomic E-state index is 12.7. The summed E-state index contributed by atoms with van der Waals surface area (Å²) in [6.45, 7) is 4.74. The minimum Gasteiger partial charge on any atom is -0.384 e. The summed E-state index contributed by atoms with van der Waals surface area (Å²) in [6.07, 6.45) is 2.86. The van der Waals surface area contributed by atoms with Crippen molar-refractivity contribution in [1.29, 1.82) is 0 Å². The average molecular weight is 536 g/mol. The number of hydrogen-bond donors (Lipinski definition) is 1. The molecule has 2 heterocycles. The third-order valence-corrected chi connectivity index (χ3v) is 7.62. The van der Waals surface area contributed by atoms with Crippen molar-refractivity contribution in [3.63, 3.8) is 0 Å². The van der Waals surface area contributed by atoms with Gasteiger partial charge in [0.05, 0.1) is 11.5 Å². The molecule has 3 rings (SSSR count). The Kier molecular flexibility index (Phi) is 9.64. The second kappa shape index (κ2) is 11.5. The molecule has 1 unspecified atom stereocenters. The summed E-state index contributed by atoms with van der Waals surface area (Å²) in [5.74, 6) is 1.96. The molecule has 0 radical (unpaired) electrons. The summed E-state index contributed by atoms with van der Waals surface area (Å²) in [6, 6.07) is 8.71. The molecule has 0 aromatic heterocycles. The molecule has 0 aliphatic carbocycles. The Balaban J connectivity index is 0.00000300. The highest BCUT2D eigenvalue weighted by atomic mass is 127. The molecule has 2 aliphatic heterocycles. The summed E-state index contributed by atoms with van der Waals surface area (Å²) in [5.41, 5.74) is 0. The van der Waals surface area contributed by atoms with Crippen LogP contribution >= 0.6 is 24.0 Å². The van der Waals surface area contributed by atoms with Crippen LogP contribution in [0.15, 0.2) is 40.2 Å². The van der Waals surface area contributed by atoms with E-state index in [1.54, 1.807) is 35.7 Å². The number of nitrogens with zero attached hydrogens (tertiary/aromatic N) is 3. The molecule has 1 aromatic carbocycles. The monoisotopic (exact) mass is 536 g/mol. The van der Waals surface area contributed by atoms with Crippen molar-refractivity contribution >= 4 is 40.0 Å². The maximum Gasteiger partial charge on any atom is 0.243 e. The molecule has 29 heavy (non-hydrogen) atoms. The second-order valence-corrected chi connectivity index (χ2v) is 9.58. The first kappa shape index (κ1) is 24.4. The van der Waals surface area contributed by atoms with Gasteiger partial charge in [-0.2, -0.15) is 4.31 Å². The van der Waals surface area contributed by atoms with Gasteiger partial charge in [0.1, 0.15) is 0 Å². The molecular weight excluding hydrogens is 503 g/mol. The van der Waals surface area contributed by atoms with E-state index in [4.69, 9.17) is 4.74 Å². The normalized spacial score (nSPS) is 21.8. The van der Waals surface area contributed by atoms with Crippen LogP contribution in [0.5, 0.6) is 0 Å². The molecule has 1 aromatic rings. The Morgan fingerprint density at radius 2 is 1.79 bits per heavy atom. The number of sulfonamides is 1. The molecule has 1 N–H and O–H groups in total. The van der Waals surface area contributed by atoms with Crippen molar-refractivity contribution in [2.24, 2.45) is 16.8 Å². The summed E-state index contributed by atoms with van der Waals surface area (Å²) < 4.78 is 32.4. The van der Waals surface area contributed by atoms with E-state index in [0.717, 1.165) is 51.5 Å². The molecule has 0 amide bonds. The predicted molar refractivity (Wildman–Crippen MR) is 126 cm³/mol. The number of nitrogens with one attached hydrogen (secondary N) is 1. The van der Waals surface area contributed by atoms with Crippen LogP contribution in [0.3, 0.4) is 0 Å². The Labute approximate surface area is 192 Å². The largest absolute Gasteiger partial charge is 0.384 e.